The monoisotopic (exact) mass is 298 g/mol. The van der Waals surface area contributed by atoms with Gasteiger partial charge < -0.3 is 20.1 Å². The summed E-state index contributed by atoms with van der Waals surface area (Å²) >= 11 is 0. The second-order valence-corrected chi connectivity index (χ2v) is 6.56. The summed E-state index contributed by atoms with van der Waals surface area (Å²) in [6.07, 6.45) is 1.44. The zero-order chi connectivity index (χ0) is 15.6. The second kappa shape index (κ2) is 6.64. The normalized spacial score (nSPS) is 36.5. The minimum absolute atomic E-state index is 0.0664. The summed E-state index contributed by atoms with van der Waals surface area (Å²) in [5, 5.41) is 11.8. The molecule has 0 radical (unpaired) electrons. The van der Waals surface area contributed by atoms with E-state index in [1.165, 1.54) is 0 Å². The third kappa shape index (κ3) is 3.87. The first kappa shape index (κ1) is 16.1. The first-order valence-electron chi connectivity index (χ1n) is 7.81. The Hall–Kier alpha value is -1.30. The Morgan fingerprint density at radius 1 is 1.29 bits per heavy atom. The molecule has 21 heavy (non-hydrogen) atoms. The van der Waals surface area contributed by atoms with E-state index in [0.29, 0.717) is 31.2 Å². The van der Waals surface area contributed by atoms with E-state index in [4.69, 9.17) is 9.84 Å². The number of piperidine rings is 1. The number of nitrogens with one attached hydrogen (secondary N) is 1. The van der Waals surface area contributed by atoms with Gasteiger partial charge >= 0.3 is 12.0 Å². The van der Waals surface area contributed by atoms with Gasteiger partial charge in [-0.25, -0.2) is 9.59 Å². The molecular formula is C15H26N2O4. The first-order chi connectivity index (χ1) is 9.88. The van der Waals surface area contributed by atoms with Gasteiger partial charge in [-0.1, -0.05) is 13.8 Å². The number of nitrogens with zero attached hydrogens (tertiary/aromatic N) is 1. The number of rotatable bonds is 3. The molecule has 5 unspecified atom stereocenters. The van der Waals surface area contributed by atoms with Crippen LogP contribution in [-0.2, 0) is 9.53 Å². The predicted molar refractivity (Wildman–Crippen MR) is 78.0 cm³/mol. The van der Waals surface area contributed by atoms with Crippen molar-refractivity contribution in [3.63, 3.8) is 0 Å². The average molecular weight is 298 g/mol. The molecule has 2 aliphatic heterocycles. The number of hydrogen-bond acceptors (Lipinski definition) is 3. The Bertz CT molecular complexity index is 401. The molecule has 0 bridgehead atoms. The van der Waals surface area contributed by atoms with Crippen LogP contribution in [-0.4, -0.2) is 53.3 Å². The van der Waals surface area contributed by atoms with Crippen LogP contribution in [0, 0.1) is 11.8 Å². The number of carboxylic acids is 1. The van der Waals surface area contributed by atoms with Gasteiger partial charge in [0.05, 0.1) is 6.10 Å². The van der Waals surface area contributed by atoms with Crippen LogP contribution in [0.4, 0.5) is 4.79 Å². The van der Waals surface area contributed by atoms with E-state index in [1.54, 1.807) is 0 Å². The fourth-order valence-corrected chi connectivity index (χ4v) is 3.32. The predicted octanol–water partition coefficient (Wildman–Crippen LogP) is 1.69. The molecule has 2 heterocycles. The lowest BCUT2D eigenvalue weighted by molar-refractivity contribution is -0.149. The SMILES string of the molecule is CC1CC(C)C(C)N(C(=O)NCC2CCC(C(=O)O)O2)C1. The van der Waals surface area contributed by atoms with E-state index in [0.717, 1.165) is 13.0 Å². The van der Waals surface area contributed by atoms with E-state index in [9.17, 15) is 9.59 Å². The van der Waals surface area contributed by atoms with Crippen molar-refractivity contribution < 1.29 is 19.4 Å². The molecular weight excluding hydrogens is 272 g/mol. The molecule has 0 saturated carbocycles. The van der Waals surface area contributed by atoms with Gasteiger partial charge in [0.15, 0.2) is 6.10 Å². The van der Waals surface area contributed by atoms with Gasteiger partial charge in [-0.2, -0.15) is 0 Å². The third-order valence-electron chi connectivity index (χ3n) is 4.72. The minimum Gasteiger partial charge on any atom is -0.479 e. The van der Waals surface area contributed by atoms with Crippen molar-refractivity contribution in [3.8, 4) is 0 Å². The number of urea groups is 1. The van der Waals surface area contributed by atoms with Crippen molar-refractivity contribution in [2.75, 3.05) is 13.1 Å². The van der Waals surface area contributed by atoms with Crippen LogP contribution < -0.4 is 5.32 Å². The van der Waals surface area contributed by atoms with Crippen molar-refractivity contribution in [1.82, 2.24) is 10.2 Å². The maximum atomic E-state index is 12.3. The summed E-state index contributed by atoms with van der Waals surface area (Å²) in [5.74, 6) is 0.0934. The molecule has 0 aromatic carbocycles. The van der Waals surface area contributed by atoms with Crippen molar-refractivity contribution in [3.05, 3.63) is 0 Å². The molecule has 0 aromatic rings. The summed E-state index contributed by atoms with van der Waals surface area (Å²) in [6.45, 7) is 7.59. The molecule has 120 valence electrons. The molecule has 0 aliphatic carbocycles. The molecule has 0 aromatic heterocycles. The fraction of sp³-hybridized carbons (Fsp3) is 0.867. The Labute approximate surface area is 125 Å². The standard InChI is InChI=1S/C15H26N2O4/c1-9-6-10(2)11(3)17(8-9)15(20)16-7-12-4-5-13(21-12)14(18)19/h9-13H,4-8H2,1-3H3,(H,16,20)(H,18,19). The summed E-state index contributed by atoms with van der Waals surface area (Å²) in [6, 6.07) is 0.167. The lowest BCUT2D eigenvalue weighted by Gasteiger charge is -2.41. The highest BCUT2D eigenvalue weighted by Gasteiger charge is 2.34. The van der Waals surface area contributed by atoms with Gasteiger partial charge in [0.1, 0.15) is 0 Å². The highest BCUT2D eigenvalue weighted by molar-refractivity contribution is 5.75. The molecule has 2 N–H and O–H groups in total. The molecule has 2 amide bonds. The zero-order valence-electron chi connectivity index (χ0n) is 13.0. The topological polar surface area (TPSA) is 78.9 Å². The average Bonchev–Trinajstić information content (AvgIpc) is 2.89. The number of amides is 2. The van der Waals surface area contributed by atoms with E-state index in [2.05, 4.69) is 26.1 Å². The van der Waals surface area contributed by atoms with Gasteiger partial charge in [-0.05, 0) is 38.0 Å². The molecule has 2 fully saturated rings. The van der Waals surface area contributed by atoms with Crippen LogP contribution >= 0.6 is 0 Å². The van der Waals surface area contributed by atoms with Crippen LogP contribution in [0.2, 0.25) is 0 Å². The van der Waals surface area contributed by atoms with Crippen LogP contribution in [0.25, 0.3) is 0 Å². The Balaban J connectivity index is 1.80. The molecule has 0 spiro atoms. The zero-order valence-corrected chi connectivity index (χ0v) is 13.0. The summed E-state index contributed by atoms with van der Waals surface area (Å²) in [7, 11) is 0. The third-order valence-corrected chi connectivity index (χ3v) is 4.72. The maximum Gasteiger partial charge on any atom is 0.332 e. The number of carbonyl (C=O) groups excluding carboxylic acids is 1. The molecule has 6 nitrogen and oxygen atoms in total. The van der Waals surface area contributed by atoms with Crippen LogP contribution in [0.3, 0.4) is 0 Å². The summed E-state index contributed by atoms with van der Waals surface area (Å²) in [4.78, 5) is 25.0. The van der Waals surface area contributed by atoms with Gasteiger partial charge in [-0.3, -0.25) is 0 Å². The first-order valence-corrected chi connectivity index (χ1v) is 7.81. The van der Waals surface area contributed by atoms with E-state index >= 15 is 0 Å². The second-order valence-electron chi connectivity index (χ2n) is 6.56. The lowest BCUT2D eigenvalue weighted by atomic mass is 9.86. The summed E-state index contributed by atoms with van der Waals surface area (Å²) in [5.41, 5.74) is 0. The number of ether oxygens (including phenoxy) is 1. The highest BCUT2D eigenvalue weighted by Crippen LogP contribution is 2.27. The van der Waals surface area contributed by atoms with Gasteiger partial charge in [0.25, 0.3) is 0 Å². The smallest absolute Gasteiger partial charge is 0.332 e. The van der Waals surface area contributed by atoms with Gasteiger partial charge in [0, 0.05) is 19.1 Å². The Kier molecular flexibility index (Phi) is 5.08. The summed E-state index contributed by atoms with van der Waals surface area (Å²) < 4.78 is 5.40. The van der Waals surface area contributed by atoms with Crippen LogP contribution in [0.5, 0.6) is 0 Å². The van der Waals surface area contributed by atoms with Gasteiger partial charge in [0.2, 0.25) is 0 Å². The van der Waals surface area contributed by atoms with E-state index < -0.39 is 12.1 Å². The Morgan fingerprint density at radius 2 is 2.00 bits per heavy atom. The van der Waals surface area contributed by atoms with Gasteiger partial charge in [-0.15, -0.1) is 0 Å². The van der Waals surface area contributed by atoms with Crippen LogP contribution in [0.15, 0.2) is 0 Å². The minimum atomic E-state index is -0.920. The quantitative estimate of drug-likeness (QED) is 0.831. The highest BCUT2D eigenvalue weighted by atomic mass is 16.5. The number of hydrogen-bond donors (Lipinski definition) is 2. The molecule has 2 aliphatic rings. The number of aliphatic carboxylic acids is 1. The van der Waals surface area contributed by atoms with E-state index in [1.807, 2.05) is 4.90 Å². The fourth-order valence-electron chi connectivity index (χ4n) is 3.32. The van der Waals surface area contributed by atoms with Crippen molar-refractivity contribution in [2.45, 2.75) is 58.3 Å². The molecule has 2 saturated heterocycles. The molecule has 5 atom stereocenters. The number of carbonyl (C=O) groups is 2. The maximum absolute atomic E-state index is 12.3. The Morgan fingerprint density at radius 3 is 2.62 bits per heavy atom. The number of carboxylic acid groups (broad SMARTS) is 1. The van der Waals surface area contributed by atoms with Crippen LogP contribution in [0.1, 0.15) is 40.0 Å². The van der Waals surface area contributed by atoms with Crippen molar-refractivity contribution in [2.24, 2.45) is 11.8 Å². The van der Waals surface area contributed by atoms with Crippen molar-refractivity contribution >= 4 is 12.0 Å². The molecule has 6 heteroatoms. The van der Waals surface area contributed by atoms with Crippen molar-refractivity contribution in [1.29, 1.82) is 0 Å². The lowest BCUT2D eigenvalue weighted by Crippen LogP contribution is -2.53. The molecule has 2 rings (SSSR count). The van der Waals surface area contributed by atoms with E-state index in [-0.39, 0.29) is 18.2 Å². The number of likely N-dealkylation sites (tertiary alicyclic amines) is 1. The largest absolute Gasteiger partial charge is 0.479 e.